The van der Waals surface area contributed by atoms with Crippen molar-refractivity contribution in [1.82, 2.24) is 4.90 Å². The molecular formula is C22H26N2O3S. The van der Waals surface area contributed by atoms with Crippen LogP contribution in [0.15, 0.2) is 48.5 Å². The number of thioether (sulfide) groups is 1. The van der Waals surface area contributed by atoms with E-state index < -0.39 is 0 Å². The Morgan fingerprint density at radius 2 is 1.71 bits per heavy atom. The summed E-state index contributed by atoms with van der Waals surface area (Å²) in [6, 6.07) is 15.0. The Balaban J connectivity index is 1.48. The zero-order valence-electron chi connectivity index (χ0n) is 16.3. The minimum atomic E-state index is -0.187. The summed E-state index contributed by atoms with van der Waals surface area (Å²) in [4.78, 5) is 26.7. The first-order valence-corrected chi connectivity index (χ1v) is 10.6. The van der Waals surface area contributed by atoms with E-state index in [9.17, 15) is 9.59 Å². The van der Waals surface area contributed by atoms with E-state index in [-0.39, 0.29) is 17.1 Å². The smallest absolute Gasteiger partial charge is 0.253 e. The quantitative estimate of drug-likeness (QED) is 0.760. The van der Waals surface area contributed by atoms with Crippen molar-refractivity contribution in [3.8, 4) is 5.75 Å². The molecule has 2 aromatic carbocycles. The molecule has 28 heavy (non-hydrogen) atoms. The maximum absolute atomic E-state index is 12.4. The van der Waals surface area contributed by atoms with Crippen LogP contribution in [-0.2, 0) is 10.5 Å². The van der Waals surface area contributed by atoms with Crippen LogP contribution in [-0.4, -0.2) is 42.2 Å². The first-order chi connectivity index (χ1) is 13.6. The molecule has 1 aliphatic rings. The molecule has 5 nitrogen and oxygen atoms in total. The number of nitrogens with one attached hydrogen (secondary N) is 1. The second-order valence-corrected chi connectivity index (χ2v) is 8.20. The molecule has 1 atom stereocenters. The molecule has 2 aromatic rings. The number of amides is 2. The molecule has 148 valence electrons. The van der Waals surface area contributed by atoms with Gasteiger partial charge >= 0.3 is 0 Å². The molecule has 6 heteroatoms. The summed E-state index contributed by atoms with van der Waals surface area (Å²) >= 11 is 1.57. The highest BCUT2D eigenvalue weighted by molar-refractivity contribution is 7.99. The Labute approximate surface area is 170 Å². The highest BCUT2D eigenvalue weighted by Crippen LogP contribution is 2.21. The number of methoxy groups -OCH3 is 1. The second-order valence-electron chi connectivity index (χ2n) is 6.87. The lowest BCUT2D eigenvalue weighted by Gasteiger charge is -2.15. The first kappa shape index (κ1) is 20.3. The minimum absolute atomic E-state index is 0.0315. The molecule has 1 aliphatic heterocycles. The number of likely N-dealkylation sites (tertiary alicyclic amines) is 1. The number of benzene rings is 2. The van der Waals surface area contributed by atoms with Crippen molar-refractivity contribution < 1.29 is 14.3 Å². The summed E-state index contributed by atoms with van der Waals surface area (Å²) in [5, 5.41) is 2.73. The van der Waals surface area contributed by atoms with Gasteiger partial charge in [0.25, 0.3) is 5.91 Å². The molecule has 0 saturated carbocycles. The van der Waals surface area contributed by atoms with Crippen molar-refractivity contribution in [3.63, 3.8) is 0 Å². The third-order valence-electron chi connectivity index (χ3n) is 4.82. The molecule has 3 rings (SSSR count). The highest BCUT2D eigenvalue weighted by atomic mass is 32.2. The van der Waals surface area contributed by atoms with Crippen LogP contribution in [0.2, 0.25) is 0 Å². The summed E-state index contributed by atoms with van der Waals surface area (Å²) < 4.78 is 5.12. The number of hydrogen-bond donors (Lipinski definition) is 1. The van der Waals surface area contributed by atoms with Gasteiger partial charge in [-0.1, -0.05) is 12.1 Å². The van der Waals surface area contributed by atoms with Gasteiger partial charge in [-0.3, -0.25) is 9.59 Å². The Kier molecular flexibility index (Phi) is 6.98. The van der Waals surface area contributed by atoms with Crippen LogP contribution in [0.5, 0.6) is 5.75 Å². The normalized spacial score (nSPS) is 14.6. The van der Waals surface area contributed by atoms with Gasteiger partial charge in [-0.05, 0) is 61.7 Å². The van der Waals surface area contributed by atoms with Crippen molar-refractivity contribution in [3.05, 3.63) is 59.7 Å². The summed E-state index contributed by atoms with van der Waals surface area (Å²) in [7, 11) is 1.61. The van der Waals surface area contributed by atoms with Gasteiger partial charge < -0.3 is 15.0 Å². The van der Waals surface area contributed by atoms with E-state index in [1.165, 1.54) is 0 Å². The summed E-state index contributed by atoms with van der Waals surface area (Å²) in [5.74, 6) is 1.56. The van der Waals surface area contributed by atoms with Gasteiger partial charge in [-0.25, -0.2) is 0 Å². The van der Waals surface area contributed by atoms with Crippen LogP contribution in [0.1, 0.15) is 35.7 Å². The molecule has 0 aromatic heterocycles. The number of ether oxygens (including phenoxy) is 1. The minimum Gasteiger partial charge on any atom is -0.497 e. The standard InChI is InChI=1S/C22H26N2O3S/c1-16(21(25)23-19-9-11-20(27-2)12-10-19)28-15-17-5-7-18(8-6-17)22(26)24-13-3-4-14-24/h5-12,16H,3-4,13-15H2,1-2H3,(H,23,25)/t16-/m1/s1. The predicted octanol–water partition coefficient (Wildman–Crippen LogP) is 4.19. The van der Waals surface area contributed by atoms with Gasteiger partial charge in [-0.2, -0.15) is 0 Å². The Bertz CT molecular complexity index is 800. The fourth-order valence-electron chi connectivity index (χ4n) is 3.06. The van der Waals surface area contributed by atoms with E-state index in [0.29, 0.717) is 0 Å². The number of carbonyl (C=O) groups excluding carboxylic acids is 2. The second kappa shape index (κ2) is 9.64. The van der Waals surface area contributed by atoms with E-state index in [1.807, 2.05) is 60.4 Å². The summed E-state index contributed by atoms with van der Waals surface area (Å²) in [6.07, 6.45) is 2.19. The molecule has 1 fully saturated rings. The van der Waals surface area contributed by atoms with Crippen molar-refractivity contribution in [2.24, 2.45) is 0 Å². The average molecular weight is 399 g/mol. The number of anilines is 1. The molecule has 1 saturated heterocycles. The van der Waals surface area contributed by atoms with Gasteiger partial charge in [0.2, 0.25) is 5.91 Å². The number of nitrogens with zero attached hydrogens (tertiary/aromatic N) is 1. The SMILES string of the molecule is COc1ccc(NC(=O)[C@@H](C)SCc2ccc(C(=O)N3CCCC3)cc2)cc1. The zero-order chi connectivity index (χ0) is 19.9. The Morgan fingerprint density at radius 3 is 2.32 bits per heavy atom. The third kappa shape index (κ3) is 5.29. The van der Waals surface area contributed by atoms with Crippen molar-refractivity contribution >= 4 is 29.3 Å². The molecule has 0 unspecified atom stereocenters. The van der Waals surface area contributed by atoms with Crippen LogP contribution >= 0.6 is 11.8 Å². The largest absolute Gasteiger partial charge is 0.497 e. The van der Waals surface area contributed by atoms with E-state index >= 15 is 0 Å². The van der Waals surface area contributed by atoms with Crippen molar-refractivity contribution in [2.75, 3.05) is 25.5 Å². The van der Waals surface area contributed by atoms with Crippen molar-refractivity contribution in [2.45, 2.75) is 30.8 Å². The van der Waals surface area contributed by atoms with E-state index in [1.54, 1.807) is 18.9 Å². The van der Waals surface area contributed by atoms with Crippen LogP contribution in [0.4, 0.5) is 5.69 Å². The molecular weight excluding hydrogens is 372 g/mol. The van der Waals surface area contributed by atoms with Gasteiger partial charge in [0.15, 0.2) is 0 Å². The zero-order valence-corrected chi connectivity index (χ0v) is 17.1. The lowest BCUT2D eigenvalue weighted by atomic mass is 10.1. The summed E-state index contributed by atoms with van der Waals surface area (Å²) in [6.45, 7) is 3.61. The lowest BCUT2D eigenvalue weighted by Crippen LogP contribution is -2.27. The molecule has 0 spiro atoms. The maximum Gasteiger partial charge on any atom is 0.253 e. The summed E-state index contributed by atoms with van der Waals surface area (Å²) in [5.41, 5.74) is 2.59. The molecule has 1 N–H and O–H groups in total. The topological polar surface area (TPSA) is 58.6 Å². The predicted molar refractivity (Wildman–Crippen MR) is 114 cm³/mol. The molecule has 0 radical (unpaired) electrons. The van der Waals surface area contributed by atoms with Crippen LogP contribution in [0.25, 0.3) is 0 Å². The van der Waals surface area contributed by atoms with Crippen molar-refractivity contribution in [1.29, 1.82) is 0 Å². The molecule has 0 aliphatic carbocycles. The highest BCUT2D eigenvalue weighted by Gasteiger charge is 2.19. The van der Waals surface area contributed by atoms with E-state index in [0.717, 1.165) is 54.2 Å². The molecule has 2 amide bonds. The van der Waals surface area contributed by atoms with Crippen LogP contribution < -0.4 is 10.1 Å². The van der Waals surface area contributed by atoms with Gasteiger partial charge in [0, 0.05) is 30.1 Å². The average Bonchev–Trinajstić information content (AvgIpc) is 3.27. The van der Waals surface area contributed by atoms with Gasteiger partial charge in [0.05, 0.1) is 12.4 Å². The van der Waals surface area contributed by atoms with Crippen LogP contribution in [0.3, 0.4) is 0 Å². The molecule has 1 heterocycles. The Morgan fingerprint density at radius 1 is 1.07 bits per heavy atom. The van der Waals surface area contributed by atoms with E-state index in [4.69, 9.17) is 4.74 Å². The monoisotopic (exact) mass is 398 g/mol. The number of hydrogen-bond acceptors (Lipinski definition) is 4. The maximum atomic E-state index is 12.4. The fraction of sp³-hybridized carbons (Fsp3) is 0.364. The Hall–Kier alpha value is -2.47. The van der Waals surface area contributed by atoms with E-state index in [2.05, 4.69) is 5.32 Å². The first-order valence-electron chi connectivity index (χ1n) is 9.51. The third-order valence-corrected chi connectivity index (χ3v) is 6.04. The fourth-order valence-corrected chi connectivity index (χ4v) is 3.91. The number of rotatable bonds is 7. The lowest BCUT2D eigenvalue weighted by molar-refractivity contribution is -0.115. The van der Waals surface area contributed by atoms with Gasteiger partial charge in [0.1, 0.15) is 5.75 Å². The van der Waals surface area contributed by atoms with Gasteiger partial charge in [-0.15, -0.1) is 11.8 Å². The van der Waals surface area contributed by atoms with Crippen LogP contribution in [0, 0.1) is 0 Å². The molecule has 0 bridgehead atoms. The number of carbonyl (C=O) groups is 2.